The molecular formula is C17H18O3. The third-order valence-electron chi connectivity index (χ3n) is 2.80. The summed E-state index contributed by atoms with van der Waals surface area (Å²) in [6.07, 6.45) is 4.04. The van der Waals surface area contributed by atoms with Gasteiger partial charge in [0.15, 0.2) is 6.79 Å². The molecule has 0 bridgehead atoms. The number of hydrogen-bond acceptors (Lipinski definition) is 3. The van der Waals surface area contributed by atoms with Crippen LogP contribution in [0.1, 0.15) is 11.1 Å². The van der Waals surface area contributed by atoms with Crippen molar-refractivity contribution in [2.75, 3.05) is 21.0 Å². The molecule has 0 amide bonds. The lowest BCUT2D eigenvalue weighted by molar-refractivity contribution is 0.0510. The van der Waals surface area contributed by atoms with Crippen molar-refractivity contribution in [3.05, 3.63) is 59.7 Å². The maximum Gasteiger partial charge on any atom is 0.188 e. The topological polar surface area (TPSA) is 27.7 Å². The second kappa shape index (κ2) is 7.36. The molecule has 2 aromatic rings. The summed E-state index contributed by atoms with van der Waals surface area (Å²) in [6, 6.07) is 15.7. The number of hydrogen-bond donors (Lipinski definition) is 0. The highest BCUT2D eigenvalue weighted by atomic mass is 16.7. The van der Waals surface area contributed by atoms with Gasteiger partial charge in [-0.05, 0) is 23.8 Å². The molecule has 0 saturated carbocycles. The molecule has 0 atom stereocenters. The molecule has 20 heavy (non-hydrogen) atoms. The zero-order valence-corrected chi connectivity index (χ0v) is 11.7. The van der Waals surface area contributed by atoms with E-state index in [-0.39, 0.29) is 6.79 Å². The fraction of sp³-hybridized carbons (Fsp3) is 0.176. The predicted octanol–water partition coefficient (Wildman–Crippen LogP) is 3.85. The lowest BCUT2D eigenvalue weighted by Crippen LogP contribution is -1.99. The average Bonchev–Trinajstić information content (AvgIpc) is 2.52. The van der Waals surface area contributed by atoms with Gasteiger partial charge in [-0.2, -0.15) is 0 Å². The molecule has 0 unspecified atom stereocenters. The molecule has 0 aliphatic heterocycles. The van der Waals surface area contributed by atoms with E-state index < -0.39 is 0 Å². The van der Waals surface area contributed by atoms with Crippen LogP contribution in [0, 0.1) is 0 Å². The fourth-order valence-corrected chi connectivity index (χ4v) is 1.80. The smallest absolute Gasteiger partial charge is 0.188 e. The number of benzene rings is 2. The molecule has 2 aromatic carbocycles. The summed E-state index contributed by atoms with van der Waals surface area (Å²) in [5.41, 5.74) is 2.08. The highest BCUT2D eigenvalue weighted by molar-refractivity contribution is 5.72. The van der Waals surface area contributed by atoms with Gasteiger partial charge in [-0.15, -0.1) is 0 Å². The van der Waals surface area contributed by atoms with E-state index in [2.05, 4.69) is 0 Å². The van der Waals surface area contributed by atoms with Crippen molar-refractivity contribution in [2.45, 2.75) is 0 Å². The fourth-order valence-electron chi connectivity index (χ4n) is 1.80. The Bertz CT molecular complexity index is 576. The molecule has 0 spiro atoms. The van der Waals surface area contributed by atoms with E-state index in [0.29, 0.717) is 0 Å². The molecule has 0 aromatic heterocycles. The third kappa shape index (κ3) is 3.87. The second-order valence-corrected chi connectivity index (χ2v) is 4.20. The first-order chi connectivity index (χ1) is 9.83. The van der Waals surface area contributed by atoms with Crippen LogP contribution in [0.2, 0.25) is 0 Å². The maximum atomic E-state index is 5.52. The van der Waals surface area contributed by atoms with Gasteiger partial charge in [0.05, 0.1) is 7.11 Å². The summed E-state index contributed by atoms with van der Waals surface area (Å²) >= 11 is 0. The van der Waals surface area contributed by atoms with E-state index in [9.17, 15) is 0 Å². The Kier molecular flexibility index (Phi) is 5.21. The molecule has 3 heteroatoms. The van der Waals surface area contributed by atoms with Gasteiger partial charge in [-0.25, -0.2) is 0 Å². The zero-order chi connectivity index (χ0) is 14.2. The molecule has 3 nitrogen and oxygen atoms in total. The van der Waals surface area contributed by atoms with Crippen molar-refractivity contribution in [1.29, 1.82) is 0 Å². The Morgan fingerprint density at radius 3 is 2.60 bits per heavy atom. The summed E-state index contributed by atoms with van der Waals surface area (Å²) in [6.45, 7) is 0.240. The zero-order valence-electron chi connectivity index (χ0n) is 11.7. The van der Waals surface area contributed by atoms with Crippen LogP contribution in [-0.4, -0.2) is 21.0 Å². The second-order valence-electron chi connectivity index (χ2n) is 4.20. The molecule has 0 radical (unpaired) electrons. The van der Waals surface area contributed by atoms with Crippen LogP contribution in [-0.2, 0) is 4.74 Å². The third-order valence-corrected chi connectivity index (χ3v) is 2.80. The van der Waals surface area contributed by atoms with Gasteiger partial charge in [0.25, 0.3) is 0 Å². The molecule has 0 N–H and O–H groups in total. The number of rotatable bonds is 6. The quantitative estimate of drug-likeness (QED) is 0.589. The first-order valence-corrected chi connectivity index (χ1v) is 6.36. The van der Waals surface area contributed by atoms with Crippen molar-refractivity contribution in [3.8, 4) is 11.5 Å². The average molecular weight is 270 g/mol. The van der Waals surface area contributed by atoms with Gasteiger partial charge >= 0.3 is 0 Å². The summed E-state index contributed by atoms with van der Waals surface area (Å²) in [5, 5.41) is 0. The highest BCUT2D eigenvalue weighted by Crippen LogP contribution is 2.21. The summed E-state index contributed by atoms with van der Waals surface area (Å²) in [5.74, 6) is 1.64. The van der Waals surface area contributed by atoms with Gasteiger partial charge in [0, 0.05) is 12.7 Å². The maximum absolute atomic E-state index is 5.52. The molecule has 0 heterocycles. The number of para-hydroxylation sites is 1. The van der Waals surface area contributed by atoms with E-state index in [0.717, 1.165) is 22.6 Å². The van der Waals surface area contributed by atoms with Crippen LogP contribution < -0.4 is 9.47 Å². The Morgan fingerprint density at radius 1 is 0.950 bits per heavy atom. The van der Waals surface area contributed by atoms with E-state index in [1.54, 1.807) is 14.2 Å². The standard InChI is InChI=1S/C17H18O3/c1-18-13-20-17-9-4-3-7-15(17)11-10-14-6-5-8-16(12-14)19-2/h3-12H,13H2,1-2H3/b11-10+. The van der Waals surface area contributed by atoms with Crippen LogP contribution >= 0.6 is 0 Å². The molecule has 104 valence electrons. The number of ether oxygens (including phenoxy) is 3. The van der Waals surface area contributed by atoms with Gasteiger partial charge in [0.1, 0.15) is 11.5 Å². The van der Waals surface area contributed by atoms with Crippen LogP contribution in [0.15, 0.2) is 48.5 Å². The van der Waals surface area contributed by atoms with Crippen molar-refractivity contribution < 1.29 is 14.2 Å². The van der Waals surface area contributed by atoms with Crippen molar-refractivity contribution in [2.24, 2.45) is 0 Å². The van der Waals surface area contributed by atoms with Gasteiger partial charge < -0.3 is 14.2 Å². The van der Waals surface area contributed by atoms with Crippen LogP contribution in [0.5, 0.6) is 11.5 Å². The van der Waals surface area contributed by atoms with Gasteiger partial charge in [-0.3, -0.25) is 0 Å². The predicted molar refractivity (Wildman–Crippen MR) is 80.9 cm³/mol. The molecule has 0 fully saturated rings. The van der Waals surface area contributed by atoms with E-state index in [1.807, 2.05) is 60.7 Å². The Balaban J connectivity index is 2.17. The molecule has 0 aliphatic rings. The first-order valence-electron chi connectivity index (χ1n) is 6.36. The minimum Gasteiger partial charge on any atom is -0.497 e. The Morgan fingerprint density at radius 2 is 1.80 bits per heavy atom. The van der Waals surface area contributed by atoms with Crippen LogP contribution in [0.3, 0.4) is 0 Å². The monoisotopic (exact) mass is 270 g/mol. The van der Waals surface area contributed by atoms with Crippen LogP contribution in [0.25, 0.3) is 12.2 Å². The van der Waals surface area contributed by atoms with Gasteiger partial charge in [-0.1, -0.05) is 42.5 Å². The van der Waals surface area contributed by atoms with Crippen LogP contribution in [0.4, 0.5) is 0 Å². The summed E-state index contributed by atoms with van der Waals surface area (Å²) < 4.78 is 15.7. The Hall–Kier alpha value is -2.26. The molecule has 0 aliphatic carbocycles. The molecule has 2 rings (SSSR count). The molecular weight excluding hydrogens is 252 g/mol. The summed E-state index contributed by atoms with van der Waals surface area (Å²) in [7, 11) is 3.27. The normalized spacial score (nSPS) is 10.7. The van der Waals surface area contributed by atoms with Crippen molar-refractivity contribution in [3.63, 3.8) is 0 Å². The minimum atomic E-state index is 0.240. The van der Waals surface area contributed by atoms with Gasteiger partial charge in [0.2, 0.25) is 0 Å². The van der Waals surface area contributed by atoms with Crippen molar-refractivity contribution in [1.82, 2.24) is 0 Å². The lowest BCUT2D eigenvalue weighted by atomic mass is 10.1. The molecule has 0 saturated heterocycles. The number of methoxy groups -OCH3 is 2. The largest absolute Gasteiger partial charge is 0.497 e. The van der Waals surface area contributed by atoms with E-state index in [4.69, 9.17) is 14.2 Å². The van der Waals surface area contributed by atoms with E-state index in [1.165, 1.54) is 0 Å². The lowest BCUT2D eigenvalue weighted by Gasteiger charge is -2.07. The Labute approximate surface area is 119 Å². The first kappa shape index (κ1) is 14.2. The van der Waals surface area contributed by atoms with E-state index >= 15 is 0 Å². The SMILES string of the molecule is COCOc1ccccc1/C=C/c1cccc(OC)c1. The summed E-state index contributed by atoms with van der Waals surface area (Å²) in [4.78, 5) is 0. The highest BCUT2D eigenvalue weighted by Gasteiger charge is 1.99. The minimum absolute atomic E-state index is 0.240. The van der Waals surface area contributed by atoms with Crippen molar-refractivity contribution >= 4 is 12.2 Å².